The van der Waals surface area contributed by atoms with Crippen LogP contribution < -0.4 is 0 Å². The van der Waals surface area contributed by atoms with Crippen LogP contribution in [0.1, 0.15) is 13.3 Å². The molecule has 0 aromatic carbocycles. The Kier molecular flexibility index (Phi) is 3.56. The fourth-order valence-corrected chi connectivity index (χ4v) is 0.930. The SMILES string of the molecule is CC(O)/C=C/CC1OCCO1. The van der Waals surface area contributed by atoms with E-state index in [0.717, 1.165) is 6.42 Å². The predicted molar refractivity (Wildman–Crippen MR) is 41.1 cm³/mol. The van der Waals surface area contributed by atoms with Crippen LogP contribution in [0.25, 0.3) is 0 Å². The molecule has 11 heavy (non-hydrogen) atoms. The normalized spacial score (nSPS) is 23.1. The molecule has 1 aliphatic rings. The summed E-state index contributed by atoms with van der Waals surface area (Å²) in [5.41, 5.74) is 0. The van der Waals surface area contributed by atoms with Crippen LogP contribution >= 0.6 is 0 Å². The van der Waals surface area contributed by atoms with E-state index in [0.29, 0.717) is 13.2 Å². The van der Waals surface area contributed by atoms with Gasteiger partial charge in [0.05, 0.1) is 19.3 Å². The summed E-state index contributed by atoms with van der Waals surface area (Å²) in [6.07, 6.45) is 3.86. The first kappa shape index (κ1) is 8.71. The number of hydrogen-bond donors (Lipinski definition) is 1. The molecule has 0 bridgehead atoms. The van der Waals surface area contributed by atoms with Crippen molar-refractivity contribution >= 4 is 0 Å². The molecule has 1 heterocycles. The van der Waals surface area contributed by atoms with Gasteiger partial charge in [-0.25, -0.2) is 0 Å². The molecule has 1 rings (SSSR count). The summed E-state index contributed by atoms with van der Waals surface area (Å²) in [7, 11) is 0. The highest BCUT2D eigenvalue weighted by Crippen LogP contribution is 2.08. The van der Waals surface area contributed by atoms with Crippen molar-refractivity contribution in [3.63, 3.8) is 0 Å². The number of hydrogen-bond acceptors (Lipinski definition) is 3. The molecule has 1 unspecified atom stereocenters. The molecule has 1 aliphatic heterocycles. The molecule has 64 valence electrons. The highest BCUT2D eigenvalue weighted by atomic mass is 16.7. The Morgan fingerprint density at radius 1 is 1.55 bits per heavy atom. The minimum absolute atomic E-state index is 0.0926. The molecule has 3 nitrogen and oxygen atoms in total. The van der Waals surface area contributed by atoms with Gasteiger partial charge < -0.3 is 14.6 Å². The monoisotopic (exact) mass is 158 g/mol. The van der Waals surface area contributed by atoms with Crippen LogP contribution in [-0.4, -0.2) is 30.7 Å². The van der Waals surface area contributed by atoms with Gasteiger partial charge in [0.15, 0.2) is 6.29 Å². The van der Waals surface area contributed by atoms with Gasteiger partial charge in [0.25, 0.3) is 0 Å². The lowest BCUT2D eigenvalue weighted by molar-refractivity contribution is -0.0381. The summed E-state index contributed by atoms with van der Waals surface area (Å²) in [6.45, 7) is 3.09. The van der Waals surface area contributed by atoms with Crippen LogP contribution in [-0.2, 0) is 9.47 Å². The number of aliphatic hydroxyl groups is 1. The molecule has 1 saturated heterocycles. The predicted octanol–water partition coefficient (Wildman–Crippen LogP) is 0.686. The smallest absolute Gasteiger partial charge is 0.161 e. The van der Waals surface area contributed by atoms with E-state index in [1.807, 2.05) is 6.08 Å². The quantitative estimate of drug-likeness (QED) is 0.614. The van der Waals surface area contributed by atoms with E-state index >= 15 is 0 Å². The molecule has 0 aromatic rings. The third-order valence-corrected chi connectivity index (χ3v) is 1.43. The summed E-state index contributed by atoms with van der Waals surface area (Å²) in [4.78, 5) is 0. The van der Waals surface area contributed by atoms with Gasteiger partial charge in [-0.15, -0.1) is 0 Å². The summed E-state index contributed by atoms with van der Waals surface area (Å²) in [6, 6.07) is 0. The van der Waals surface area contributed by atoms with Crippen molar-refractivity contribution in [1.82, 2.24) is 0 Å². The van der Waals surface area contributed by atoms with E-state index in [1.54, 1.807) is 13.0 Å². The van der Waals surface area contributed by atoms with E-state index in [-0.39, 0.29) is 12.4 Å². The van der Waals surface area contributed by atoms with Crippen molar-refractivity contribution in [2.75, 3.05) is 13.2 Å². The molecule has 0 aromatic heterocycles. The average Bonchev–Trinajstić information content (AvgIpc) is 2.39. The minimum Gasteiger partial charge on any atom is -0.389 e. The van der Waals surface area contributed by atoms with Crippen molar-refractivity contribution in [2.45, 2.75) is 25.7 Å². The minimum atomic E-state index is -0.378. The van der Waals surface area contributed by atoms with Crippen molar-refractivity contribution in [2.24, 2.45) is 0 Å². The lowest BCUT2D eigenvalue weighted by Gasteiger charge is -2.04. The Morgan fingerprint density at radius 3 is 2.73 bits per heavy atom. The van der Waals surface area contributed by atoms with E-state index in [9.17, 15) is 0 Å². The molecule has 0 radical (unpaired) electrons. The van der Waals surface area contributed by atoms with E-state index < -0.39 is 0 Å². The second kappa shape index (κ2) is 4.49. The third-order valence-electron chi connectivity index (χ3n) is 1.43. The van der Waals surface area contributed by atoms with E-state index in [1.165, 1.54) is 0 Å². The standard InChI is InChI=1S/C8H14O3/c1-7(9)3-2-4-8-10-5-6-11-8/h2-3,7-9H,4-6H2,1H3/b3-2+. The van der Waals surface area contributed by atoms with Gasteiger partial charge in [-0.3, -0.25) is 0 Å². The molecule has 0 spiro atoms. The first-order chi connectivity index (χ1) is 5.29. The van der Waals surface area contributed by atoms with Crippen LogP contribution in [0.4, 0.5) is 0 Å². The van der Waals surface area contributed by atoms with Crippen molar-refractivity contribution in [1.29, 1.82) is 0 Å². The maximum atomic E-state index is 8.86. The van der Waals surface area contributed by atoms with Gasteiger partial charge in [-0.05, 0) is 6.92 Å². The van der Waals surface area contributed by atoms with Gasteiger partial charge in [0.2, 0.25) is 0 Å². The van der Waals surface area contributed by atoms with Crippen molar-refractivity contribution in [3.8, 4) is 0 Å². The Morgan fingerprint density at radius 2 is 2.18 bits per heavy atom. The first-order valence-electron chi connectivity index (χ1n) is 3.87. The number of ether oxygens (including phenoxy) is 2. The zero-order valence-corrected chi connectivity index (χ0v) is 6.69. The Labute approximate surface area is 66.6 Å². The van der Waals surface area contributed by atoms with Crippen LogP contribution in [0.5, 0.6) is 0 Å². The Hall–Kier alpha value is -0.380. The van der Waals surface area contributed by atoms with Crippen molar-refractivity contribution in [3.05, 3.63) is 12.2 Å². The van der Waals surface area contributed by atoms with Crippen LogP contribution in [0.15, 0.2) is 12.2 Å². The molecule has 3 heteroatoms. The van der Waals surface area contributed by atoms with Crippen LogP contribution in [0.3, 0.4) is 0 Å². The Balaban J connectivity index is 2.10. The zero-order chi connectivity index (χ0) is 8.10. The highest BCUT2D eigenvalue weighted by molar-refractivity contribution is 4.87. The fraction of sp³-hybridized carbons (Fsp3) is 0.750. The van der Waals surface area contributed by atoms with Crippen LogP contribution in [0, 0.1) is 0 Å². The van der Waals surface area contributed by atoms with Gasteiger partial charge in [-0.2, -0.15) is 0 Å². The summed E-state index contributed by atoms with van der Waals surface area (Å²) in [5.74, 6) is 0. The largest absolute Gasteiger partial charge is 0.389 e. The molecule has 0 aliphatic carbocycles. The molecular formula is C8H14O3. The van der Waals surface area contributed by atoms with Gasteiger partial charge in [-0.1, -0.05) is 12.2 Å². The maximum absolute atomic E-state index is 8.86. The van der Waals surface area contributed by atoms with Crippen LogP contribution in [0.2, 0.25) is 0 Å². The average molecular weight is 158 g/mol. The summed E-state index contributed by atoms with van der Waals surface area (Å²) >= 11 is 0. The van der Waals surface area contributed by atoms with Gasteiger partial charge >= 0.3 is 0 Å². The Bertz CT molecular complexity index is 125. The highest BCUT2D eigenvalue weighted by Gasteiger charge is 2.13. The number of aliphatic hydroxyl groups excluding tert-OH is 1. The molecule has 1 fully saturated rings. The van der Waals surface area contributed by atoms with E-state index in [2.05, 4.69) is 0 Å². The fourth-order valence-electron chi connectivity index (χ4n) is 0.930. The lowest BCUT2D eigenvalue weighted by atomic mass is 10.3. The van der Waals surface area contributed by atoms with Gasteiger partial charge in [0, 0.05) is 6.42 Å². The second-order valence-electron chi connectivity index (χ2n) is 2.58. The molecule has 0 amide bonds. The van der Waals surface area contributed by atoms with E-state index in [4.69, 9.17) is 14.6 Å². The third kappa shape index (κ3) is 3.51. The molecular weight excluding hydrogens is 144 g/mol. The van der Waals surface area contributed by atoms with Gasteiger partial charge in [0.1, 0.15) is 0 Å². The lowest BCUT2D eigenvalue weighted by Crippen LogP contribution is -2.05. The number of rotatable bonds is 3. The zero-order valence-electron chi connectivity index (χ0n) is 6.69. The topological polar surface area (TPSA) is 38.7 Å². The molecule has 1 atom stereocenters. The van der Waals surface area contributed by atoms with Crippen molar-refractivity contribution < 1.29 is 14.6 Å². The molecule has 1 N–H and O–H groups in total. The first-order valence-corrected chi connectivity index (χ1v) is 3.87. The summed E-state index contributed by atoms with van der Waals surface area (Å²) < 4.78 is 10.4. The summed E-state index contributed by atoms with van der Waals surface area (Å²) in [5, 5.41) is 8.86. The molecule has 0 saturated carbocycles. The maximum Gasteiger partial charge on any atom is 0.161 e. The second-order valence-corrected chi connectivity index (χ2v) is 2.58.